The Balaban J connectivity index is 1.35. The van der Waals surface area contributed by atoms with Gasteiger partial charge in [0, 0.05) is 60.1 Å². The van der Waals surface area contributed by atoms with Crippen molar-refractivity contribution in [3.8, 4) is 11.3 Å². The molecule has 0 saturated carbocycles. The van der Waals surface area contributed by atoms with Gasteiger partial charge >= 0.3 is 0 Å². The molecule has 0 unspecified atom stereocenters. The van der Waals surface area contributed by atoms with Gasteiger partial charge in [0.15, 0.2) is 5.82 Å². The fourth-order valence-electron chi connectivity index (χ4n) is 4.86. The van der Waals surface area contributed by atoms with Gasteiger partial charge in [-0.15, -0.1) is 0 Å². The minimum atomic E-state index is -0.536. The number of carbonyl (C=O) groups excluding carboxylic acids is 2. The Labute approximate surface area is 237 Å². The van der Waals surface area contributed by atoms with Crippen LogP contribution in [0.3, 0.4) is 0 Å². The van der Waals surface area contributed by atoms with E-state index in [1.807, 2.05) is 37.3 Å². The molecule has 0 spiro atoms. The van der Waals surface area contributed by atoms with Gasteiger partial charge < -0.3 is 30.9 Å². The van der Waals surface area contributed by atoms with E-state index in [9.17, 15) is 19.5 Å². The van der Waals surface area contributed by atoms with Crippen molar-refractivity contribution in [1.29, 1.82) is 0 Å². The lowest BCUT2D eigenvalue weighted by molar-refractivity contribution is 0.0997. The number of nitrogens with one attached hydrogen (secondary N) is 2. The van der Waals surface area contributed by atoms with E-state index in [0.717, 1.165) is 42.7 Å². The second-order valence-corrected chi connectivity index (χ2v) is 10.2. The molecule has 1 aromatic heterocycles. The van der Waals surface area contributed by atoms with E-state index in [-0.39, 0.29) is 23.4 Å². The molecule has 0 atom stereocenters. The maximum Gasteiger partial charge on any atom is 0.293 e. The molecule has 1 fully saturated rings. The second kappa shape index (κ2) is 11.6. The molecule has 3 aromatic carbocycles. The van der Waals surface area contributed by atoms with E-state index < -0.39 is 5.91 Å². The first-order valence-electron chi connectivity index (χ1n) is 13.4. The zero-order valence-electron chi connectivity index (χ0n) is 22.9. The molecule has 4 aromatic rings. The molecule has 0 aliphatic carbocycles. The molecule has 0 bridgehead atoms. The summed E-state index contributed by atoms with van der Waals surface area (Å²) < 4.78 is 1.44. The molecule has 1 aliphatic rings. The molecule has 10 heteroatoms. The normalized spacial score (nSPS) is 13.6. The van der Waals surface area contributed by atoms with Gasteiger partial charge in [-0.1, -0.05) is 12.1 Å². The van der Waals surface area contributed by atoms with Crippen LogP contribution in [0.1, 0.15) is 39.1 Å². The minimum absolute atomic E-state index is 0.119. The van der Waals surface area contributed by atoms with Crippen molar-refractivity contribution in [2.75, 3.05) is 28.6 Å². The Morgan fingerprint density at radius 3 is 2.29 bits per heavy atom. The standard InChI is InChI=1S/C31H32N6O4/c1-19-25(27-18-36(2)31(41)29(34-27)33-22-10-6-20(7-11-22)28(32)39)4-3-5-26(19)35-30(40)21-8-12-23(13-9-21)37-16-14-24(38)15-17-37/h3-13,18,24,38H,14-17H2,1-2H3,(H2,32,39)(H,33,34)(H,35,40). The fourth-order valence-corrected chi connectivity index (χ4v) is 4.86. The fraction of sp³-hybridized carbons (Fsp3) is 0.226. The maximum absolute atomic E-state index is 13.1. The van der Waals surface area contributed by atoms with Crippen LogP contribution in [0.5, 0.6) is 0 Å². The maximum atomic E-state index is 13.1. The first kappa shape index (κ1) is 27.6. The molecule has 41 heavy (non-hydrogen) atoms. The van der Waals surface area contributed by atoms with Crippen molar-refractivity contribution in [3.05, 3.63) is 100.0 Å². The summed E-state index contributed by atoms with van der Waals surface area (Å²) in [5, 5.41) is 15.8. The minimum Gasteiger partial charge on any atom is -0.393 e. The van der Waals surface area contributed by atoms with Crippen molar-refractivity contribution in [3.63, 3.8) is 0 Å². The third kappa shape index (κ3) is 6.12. The predicted molar refractivity (Wildman–Crippen MR) is 160 cm³/mol. The summed E-state index contributed by atoms with van der Waals surface area (Å²) in [5.74, 6) is -0.652. The molecule has 1 saturated heterocycles. The molecular formula is C31H32N6O4. The molecule has 5 rings (SSSR count). The Kier molecular flexibility index (Phi) is 7.84. The Morgan fingerprint density at radius 1 is 0.976 bits per heavy atom. The SMILES string of the molecule is Cc1c(NC(=O)c2ccc(N3CCC(O)CC3)cc2)cccc1-c1cn(C)c(=O)c(Nc2ccc(C(N)=O)cc2)n1. The van der Waals surface area contributed by atoms with Crippen LogP contribution in [0.2, 0.25) is 0 Å². The number of aromatic nitrogens is 2. The molecule has 5 N–H and O–H groups in total. The lowest BCUT2D eigenvalue weighted by Gasteiger charge is -2.31. The van der Waals surface area contributed by atoms with E-state index >= 15 is 0 Å². The monoisotopic (exact) mass is 552 g/mol. The third-order valence-electron chi connectivity index (χ3n) is 7.32. The first-order valence-corrected chi connectivity index (χ1v) is 13.4. The molecule has 0 radical (unpaired) electrons. The van der Waals surface area contributed by atoms with Crippen LogP contribution in [0.15, 0.2) is 77.7 Å². The first-order chi connectivity index (χ1) is 19.7. The number of aryl methyl sites for hydroxylation is 1. The predicted octanol–water partition coefficient (Wildman–Crippen LogP) is 3.81. The number of benzene rings is 3. The summed E-state index contributed by atoms with van der Waals surface area (Å²) in [7, 11) is 1.64. The van der Waals surface area contributed by atoms with Gasteiger partial charge in [0.2, 0.25) is 5.91 Å². The van der Waals surface area contributed by atoms with Crippen LogP contribution in [-0.2, 0) is 7.05 Å². The van der Waals surface area contributed by atoms with Gasteiger partial charge in [0.05, 0.1) is 11.8 Å². The number of nitrogens with zero attached hydrogens (tertiary/aromatic N) is 3. The van der Waals surface area contributed by atoms with Crippen molar-refractivity contribution in [1.82, 2.24) is 9.55 Å². The van der Waals surface area contributed by atoms with Crippen LogP contribution in [-0.4, -0.2) is 45.7 Å². The Hall–Kier alpha value is -4.96. The number of carbonyl (C=O) groups is 2. The largest absolute Gasteiger partial charge is 0.393 e. The number of piperidine rings is 1. The Morgan fingerprint density at radius 2 is 1.63 bits per heavy atom. The van der Waals surface area contributed by atoms with Crippen molar-refractivity contribution >= 4 is 34.7 Å². The molecule has 10 nitrogen and oxygen atoms in total. The average molecular weight is 553 g/mol. The number of aliphatic hydroxyl groups excluding tert-OH is 1. The highest BCUT2D eigenvalue weighted by Gasteiger charge is 2.18. The van der Waals surface area contributed by atoms with Crippen LogP contribution in [0, 0.1) is 6.92 Å². The van der Waals surface area contributed by atoms with Gasteiger partial charge in [-0.2, -0.15) is 0 Å². The van der Waals surface area contributed by atoms with Gasteiger partial charge in [-0.05, 0) is 79.9 Å². The number of rotatable bonds is 7. The topological polar surface area (TPSA) is 143 Å². The summed E-state index contributed by atoms with van der Waals surface area (Å²) >= 11 is 0. The molecule has 210 valence electrons. The van der Waals surface area contributed by atoms with Crippen molar-refractivity contribution in [2.24, 2.45) is 12.8 Å². The van der Waals surface area contributed by atoms with Gasteiger partial charge in [0.1, 0.15) is 0 Å². The van der Waals surface area contributed by atoms with E-state index in [4.69, 9.17) is 5.73 Å². The molecule has 2 heterocycles. The zero-order chi connectivity index (χ0) is 29.1. The highest BCUT2D eigenvalue weighted by molar-refractivity contribution is 6.05. The summed E-state index contributed by atoms with van der Waals surface area (Å²) in [6.07, 6.45) is 2.89. The number of hydrogen-bond acceptors (Lipinski definition) is 7. The smallest absolute Gasteiger partial charge is 0.293 e. The van der Waals surface area contributed by atoms with E-state index in [0.29, 0.717) is 28.2 Å². The van der Waals surface area contributed by atoms with Gasteiger partial charge in [-0.25, -0.2) is 4.98 Å². The van der Waals surface area contributed by atoms with Gasteiger partial charge in [-0.3, -0.25) is 14.4 Å². The number of aliphatic hydroxyl groups is 1. The summed E-state index contributed by atoms with van der Waals surface area (Å²) in [5.41, 5.74) is 10.2. The second-order valence-electron chi connectivity index (χ2n) is 10.2. The molecule has 2 amide bonds. The van der Waals surface area contributed by atoms with Crippen molar-refractivity contribution < 1.29 is 14.7 Å². The highest BCUT2D eigenvalue weighted by atomic mass is 16.3. The van der Waals surface area contributed by atoms with Crippen LogP contribution in [0.4, 0.5) is 22.9 Å². The third-order valence-corrected chi connectivity index (χ3v) is 7.32. The molecule has 1 aliphatic heterocycles. The van der Waals surface area contributed by atoms with Crippen LogP contribution >= 0.6 is 0 Å². The zero-order valence-corrected chi connectivity index (χ0v) is 22.9. The lowest BCUT2D eigenvalue weighted by atomic mass is 10.0. The number of anilines is 4. The number of hydrogen-bond donors (Lipinski definition) is 4. The highest BCUT2D eigenvalue weighted by Crippen LogP contribution is 2.29. The van der Waals surface area contributed by atoms with Crippen LogP contribution < -0.4 is 26.8 Å². The van der Waals surface area contributed by atoms with Gasteiger partial charge in [0.25, 0.3) is 11.5 Å². The van der Waals surface area contributed by atoms with E-state index in [1.54, 1.807) is 49.6 Å². The van der Waals surface area contributed by atoms with Crippen molar-refractivity contribution in [2.45, 2.75) is 25.9 Å². The molecular weight excluding hydrogens is 520 g/mol. The average Bonchev–Trinajstić information content (AvgIpc) is 2.97. The van der Waals surface area contributed by atoms with E-state index in [1.165, 1.54) is 4.57 Å². The number of amides is 2. The Bertz CT molecular complexity index is 1640. The summed E-state index contributed by atoms with van der Waals surface area (Å²) in [6.45, 7) is 3.47. The lowest BCUT2D eigenvalue weighted by Crippen LogP contribution is -2.35. The number of nitrogens with two attached hydrogens (primary N) is 1. The quantitative estimate of drug-likeness (QED) is 0.273. The summed E-state index contributed by atoms with van der Waals surface area (Å²) in [6, 6.07) is 19.4. The number of primary amides is 1. The summed E-state index contributed by atoms with van der Waals surface area (Å²) in [4.78, 5) is 44.1. The van der Waals surface area contributed by atoms with E-state index in [2.05, 4.69) is 20.5 Å². The van der Waals surface area contributed by atoms with Crippen LogP contribution in [0.25, 0.3) is 11.3 Å².